The molecular weight excluding hydrogens is 737 g/mol. The van der Waals surface area contributed by atoms with E-state index >= 15 is 0 Å². The number of nitrogens with zero attached hydrogens (tertiary/aromatic N) is 4. The highest BCUT2D eigenvalue weighted by atomic mass is 32.1. The van der Waals surface area contributed by atoms with E-state index in [-0.39, 0.29) is 5.41 Å². The Morgan fingerprint density at radius 2 is 1.27 bits per heavy atom. The van der Waals surface area contributed by atoms with Crippen LogP contribution >= 0.6 is 11.3 Å². The van der Waals surface area contributed by atoms with Crippen LogP contribution in [0.4, 0.5) is 0 Å². The minimum atomic E-state index is -0.145. The number of hydrogen-bond donors (Lipinski definition) is 0. The molecular formula is C54H34N4S. The van der Waals surface area contributed by atoms with E-state index in [2.05, 4.69) is 176 Å². The molecule has 5 heteroatoms. The number of hydrogen-bond acceptors (Lipinski definition) is 4. The zero-order valence-corrected chi connectivity index (χ0v) is 33.2. The fourth-order valence-corrected chi connectivity index (χ4v) is 11.1. The quantitative estimate of drug-likeness (QED) is 0.168. The molecule has 0 radical (unpaired) electrons. The van der Waals surface area contributed by atoms with E-state index in [0.29, 0.717) is 5.95 Å². The number of benzene rings is 8. The van der Waals surface area contributed by atoms with Gasteiger partial charge >= 0.3 is 0 Å². The molecule has 0 atom stereocenters. The molecule has 4 heterocycles. The standard InChI is InChI=1S/C54H34N4S/c1-54(2)42-15-7-5-13-36(42)37-22-18-34(28-43(37)54)52-51-35-12-4-3-11-31(35)19-23-45(51)56-53(57-52)58-46-24-20-33(44-16-9-10-26-55-44)27-40(46)41-30-39-32(29-47(41)58)21-25-49-50(39)38-14-6-8-17-48(38)59-49/h3-30H,1-2H3. The SMILES string of the molecule is CC1(C)c2ccccc2-c2ccc(-c3nc(-n4c5ccc(-c6ccccn6)cc5c5cc6c(ccc7sc8ccccc8c76)cc54)nc4ccc5ccccc5c34)cc21. The van der Waals surface area contributed by atoms with Gasteiger partial charge in [-0.2, -0.15) is 0 Å². The molecule has 1 aliphatic rings. The van der Waals surface area contributed by atoms with E-state index < -0.39 is 0 Å². The second kappa shape index (κ2) is 11.9. The van der Waals surface area contributed by atoms with Crippen molar-refractivity contribution in [2.24, 2.45) is 0 Å². The molecule has 0 saturated heterocycles. The maximum atomic E-state index is 5.67. The van der Waals surface area contributed by atoms with Crippen LogP contribution in [0.3, 0.4) is 0 Å². The molecule has 0 fully saturated rings. The lowest BCUT2D eigenvalue weighted by Gasteiger charge is -2.22. The fraction of sp³-hybridized carbons (Fsp3) is 0.0556. The van der Waals surface area contributed by atoms with Crippen LogP contribution in [0.15, 0.2) is 170 Å². The summed E-state index contributed by atoms with van der Waals surface area (Å²) in [5.74, 6) is 0.651. The van der Waals surface area contributed by atoms with Gasteiger partial charge in [-0.25, -0.2) is 9.97 Å². The third-order valence-electron chi connectivity index (χ3n) is 12.8. The first-order valence-electron chi connectivity index (χ1n) is 20.2. The Kier molecular flexibility index (Phi) is 6.63. The van der Waals surface area contributed by atoms with Gasteiger partial charge in [-0.15, -0.1) is 11.3 Å². The molecule has 8 aromatic carbocycles. The Morgan fingerprint density at radius 3 is 2.19 bits per heavy atom. The van der Waals surface area contributed by atoms with E-state index in [0.717, 1.165) is 60.6 Å². The largest absolute Gasteiger partial charge is 0.278 e. The Labute approximate surface area is 343 Å². The summed E-state index contributed by atoms with van der Waals surface area (Å²) in [6.45, 7) is 4.68. The Hall–Kier alpha value is -7.21. The summed E-state index contributed by atoms with van der Waals surface area (Å²) in [7, 11) is 0. The molecule has 0 amide bonds. The topological polar surface area (TPSA) is 43.6 Å². The molecule has 4 nitrogen and oxygen atoms in total. The molecule has 59 heavy (non-hydrogen) atoms. The van der Waals surface area contributed by atoms with Crippen LogP contribution in [-0.4, -0.2) is 19.5 Å². The van der Waals surface area contributed by atoms with Crippen molar-refractivity contribution in [3.05, 3.63) is 181 Å². The molecule has 0 unspecified atom stereocenters. The van der Waals surface area contributed by atoms with Crippen molar-refractivity contribution < 1.29 is 0 Å². The summed E-state index contributed by atoms with van der Waals surface area (Å²) in [4.78, 5) is 15.9. The van der Waals surface area contributed by atoms with Crippen molar-refractivity contribution in [3.63, 3.8) is 0 Å². The molecule has 276 valence electrons. The van der Waals surface area contributed by atoms with Gasteiger partial charge in [0.15, 0.2) is 0 Å². The number of fused-ring (bicyclic) bond motifs is 14. The molecule has 0 aliphatic heterocycles. The fourth-order valence-electron chi connectivity index (χ4n) is 10.0. The smallest absolute Gasteiger partial charge is 0.235 e. The van der Waals surface area contributed by atoms with Crippen molar-refractivity contribution in [2.45, 2.75) is 19.3 Å². The molecule has 12 aromatic rings. The number of aromatic nitrogens is 4. The summed E-state index contributed by atoms with van der Waals surface area (Å²) < 4.78 is 4.89. The molecule has 0 spiro atoms. The van der Waals surface area contributed by atoms with Crippen molar-refractivity contribution in [3.8, 4) is 39.6 Å². The Morgan fingerprint density at radius 1 is 0.492 bits per heavy atom. The summed E-state index contributed by atoms with van der Waals surface area (Å²) in [6.07, 6.45) is 1.86. The molecule has 0 N–H and O–H groups in total. The lowest BCUT2D eigenvalue weighted by molar-refractivity contribution is 0.660. The number of rotatable bonds is 3. The molecule has 4 aromatic heterocycles. The predicted octanol–water partition coefficient (Wildman–Crippen LogP) is 14.4. The highest BCUT2D eigenvalue weighted by Gasteiger charge is 2.35. The third kappa shape index (κ3) is 4.62. The first-order chi connectivity index (χ1) is 29.0. The van der Waals surface area contributed by atoms with Gasteiger partial charge in [0.1, 0.15) is 0 Å². The summed E-state index contributed by atoms with van der Waals surface area (Å²) in [5, 5.41) is 10.7. The highest BCUT2D eigenvalue weighted by Crippen LogP contribution is 2.50. The number of pyridine rings is 1. The van der Waals surface area contributed by atoms with Crippen LogP contribution in [0.5, 0.6) is 0 Å². The zero-order chi connectivity index (χ0) is 39.0. The van der Waals surface area contributed by atoms with Crippen molar-refractivity contribution in [1.29, 1.82) is 0 Å². The van der Waals surface area contributed by atoms with E-state index in [1.54, 1.807) is 0 Å². The Balaban J connectivity index is 1.13. The first-order valence-corrected chi connectivity index (χ1v) is 21.0. The normalized spacial score (nSPS) is 13.4. The van der Waals surface area contributed by atoms with E-state index in [4.69, 9.17) is 15.0 Å². The molecule has 0 bridgehead atoms. The predicted molar refractivity (Wildman–Crippen MR) is 248 cm³/mol. The van der Waals surface area contributed by atoms with Crippen LogP contribution in [0, 0.1) is 0 Å². The molecule has 0 saturated carbocycles. The summed E-state index contributed by atoms with van der Waals surface area (Å²) in [5.41, 5.74) is 12.2. The minimum absolute atomic E-state index is 0.145. The van der Waals surface area contributed by atoms with Crippen LogP contribution < -0.4 is 0 Å². The monoisotopic (exact) mass is 770 g/mol. The van der Waals surface area contributed by atoms with Crippen LogP contribution in [0.25, 0.3) is 114 Å². The van der Waals surface area contributed by atoms with Gasteiger partial charge in [0.05, 0.1) is 27.9 Å². The summed E-state index contributed by atoms with van der Waals surface area (Å²) >= 11 is 1.86. The first kappa shape index (κ1) is 32.8. The van der Waals surface area contributed by atoms with E-state index in [1.807, 2.05) is 23.6 Å². The van der Waals surface area contributed by atoms with Gasteiger partial charge < -0.3 is 0 Å². The summed E-state index contributed by atoms with van der Waals surface area (Å²) in [6, 6.07) is 59.6. The number of thiophene rings is 1. The van der Waals surface area contributed by atoms with Crippen molar-refractivity contribution >= 4 is 85.8 Å². The second-order valence-electron chi connectivity index (χ2n) is 16.4. The lowest BCUT2D eigenvalue weighted by Crippen LogP contribution is -2.15. The minimum Gasteiger partial charge on any atom is -0.278 e. The van der Waals surface area contributed by atoms with E-state index in [1.165, 1.54) is 58.6 Å². The zero-order valence-electron chi connectivity index (χ0n) is 32.4. The van der Waals surface area contributed by atoms with Crippen LogP contribution in [0.2, 0.25) is 0 Å². The Bertz CT molecular complexity index is 3760. The molecule has 13 rings (SSSR count). The van der Waals surface area contributed by atoms with Gasteiger partial charge in [-0.05, 0) is 104 Å². The van der Waals surface area contributed by atoms with Crippen LogP contribution in [0.1, 0.15) is 25.0 Å². The van der Waals surface area contributed by atoms with E-state index in [9.17, 15) is 0 Å². The third-order valence-corrected chi connectivity index (χ3v) is 14.0. The van der Waals surface area contributed by atoms with Crippen molar-refractivity contribution in [1.82, 2.24) is 19.5 Å². The second-order valence-corrected chi connectivity index (χ2v) is 17.5. The lowest BCUT2D eigenvalue weighted by atomic mass is 9.81. The maximum absolute atomic E-state index is 5.67. The van der Waals surface area contributed by atoms with Gasteiger partial charge in [-0.1, -0.05) is 117 Å². The highest BCUT2D eigenvalue weighted by molar-refractivity contribution is 7.26. The van der Waals surface area contributed by atoms with Gasteiger partial charge in [0.25, 0.3) is 0 Å². The van der Waals surface area contributed by atoms with Gasteiger partial charge in [-0.3, -0.25) is 9.55 Å². The maximum Gasteiger partial charge on any atom is 0.235 e. The average Bonchev–Trinajstić information content (AvgIpc) is 3.90. The van der Waals surface area contributed by atoms with Crippen LogP contribution in [-0.2, 0) is 5.41 Å². The van der Waals surface area contributed by atoms with Crippen molar-refractivity contribution in [2.75, 3.05) is 0 Å². The average molecular weight is 771 g/mol. The van der Waals surface area contributed by atoms with Gasteiger partial charge in [0.2, 0.25) is 5.95 Å². The molecule has 1 aliphatic carbocycles. The van der Waals surface area contributed by atoms with Gasteiger partial charge in [0, 0.05) is 59.1 Å².